The summed E-state index contributed by atoms with van der Waals surface area (Å²) in [5, 5.41) is 6.99. The van der Waals surface area contributed by atoms with Crippen LogP contribution in [0.1, 0.15) is 5.69 Å². The smallest absolute Gasteiger partial charge is 0.225 e. The second kappa shape index (κ2) is 6.20. The van der Waals surface area contributed by atoms with Gasteiger partial charge in [0.2, 0.25) is 5.95 Å². The maximum atomic E-state index is 5.85. The number of nitrogens with zero attached hydrogens (tertiary/aromatic N) is 2. The molecule has 0 amide bonds. The van der Waals surface area contributed by atoms with Gasteiger partial charge in [-0.05, 0) is 31.2 Å². The molecule has 2 rings (SSSR count). The Morgan fingerprint density at radius 3 is 2.68 bits per heavy atom. The van der Waals surface area contributed by atoms with Crippen LogP contribution in [0.5, 0.6) is 0 Å². The summed E-state index contributed by atoms with van der Waals surface area (Å²) in [4.78, 5) is 8.67. The van der Waals surface area contributed by atoms with E-state index in [4.69, 9.17) is 11.6 Å². The van der Waals surface area contributed by atoms with Crippen molar-refractivity contribution in [1.29, 1.82) is 0 Å². The molecule has 0 spiro atoms. The van der Waals surface area contributed by atoms with E-state index in [-0.39, 0.29) is 0 Å². The van der Waals surface area contributed by atoms with E-state index >= 15 is 0 Å². The summed E-state index contributed by atoms with van der Waals surface area (Å²) >= 11 is 5.85. The normalized spacial score (nSPS) is 10.0. The molecule has 0 radical (unpaired) electrons. The van der Waals surface area contributed by atoms with Crippen molar-refractivity contribution in [1.82, 2.24) is 9.97 Å². The molecule has 0 saturated carbocycles. The van der Waals surface area contributed by atoms with E-state index < -0.39 is 0 Å². The molecule has 0 atom stereocenters. The first-order valence-electron chi connectivity index (χ1n) is 5.90. The monoisotopic (exact) mass is 274 g/mol. The number of benzene rings is 1. The highest BCUT2D eigenvalue weighted by Gasteiger charge is 2.02. The van der Waals surface area contributed by atoms with Crippen molar-refractivity contribution in [3.05, 3.63) is 53.7 Å². The minimum absolute atomic E-state index is 0.580. The Hall–Kier alpha value is -2.07. The molecular formula is C14H15ClN4. The number of aryl methyl sites for hydroxylation is 1. The Kier molecular flexibility index (Phi) is 4.36. The summed E-state index contributed by atoms with van der Waals surface area (Å²) < 4.78 is 0. The van der Waals surface area contributed by atoms with Crippen molar-refractivity contribution in [2.24, 2.45) is 0 Å². The van der Waals surface area contributed by atoms with Gasteiger partial charge >= 0.3 is 0 Å². The lowest BCUT2D eigenvalue weighted by Crippen LogP contribution is -2.05. The van der Waals surface area contributed by atoms with Crippen LogP contribution in [0.4, 0.5) is 17.5 Å². The van der Waals surface area contributed by atoms with Gasteiger partial charge in [0.15, 0.2) is 0 Å². The summed E-state index contributed by atoms with van der Waals surface area (Å²) in [6, 6.07) is 9.34. The third kappa shape index (κ3) is 3.96. The summed E-state index contributed by atoms with van der Waals surface area (Å²) in [5.74, 6) is 1.32. The first-order valence-corrected chi connectivity index (χ1v) is 6.28. The van der Waals surface area contributed by atoms with Crippen molar-refractivity contribution < 1.29 is 0 Å². The zero-order valence-corrected chi connectivity index (χ0v) is 11.4. The Labute approximate surface area is 117 Å². The maximum absolute atomic E-state index is 5.85. The number of hydrogen-bond donors (Lipinski definition) is 2. The lowest BCUT2D eigenvalue weighted by molar-refractivity contribution is 1.08. The van der Waals surface area contributed by atoms with E-state index in [2.05, 4.69) is 27.2 Å². The summed E-state index contributed by atoms with van der Waals surface area (Å²) in [5.41, 5.74) is 1.81. The number of nitrogens with one attached hydrogen (secondary N) is 2. The van der Waals surface area contributed by atoms with E-state index in [1.807, 2.05) is 37.3 Å². The topological polar surface area (TPSA) is 49.8 Å². The van der Waals surface area contributed by atoms with E-state index in [1.165, 1.54) is 0 Å². The molecule has 2 aromatic rings. The average molecular weight is 275 g/mol. The van der Waals surface area contributed by atoms with Crippen LogP contribution >= 0.6 is 11.6 Å². The van der Waals surface area contributed by atoms with E-state index in [1.54, 1.807) is 6.08 Å². The van der Waals surface area contributed by atoms with Gasteiger partial charge in [0.25, 0.3) is 0 Å². The van der Waals surface area contributed by atoms with Gasteiger partial charge in [-0.25, -0.2) is 4.98 Å². The molecule has 1 heterocycles. The Morgan fingerprint density at radius 2 is 2.00 bits per heavy atom. The summed E-state index contributed by atoms with van der Waals surface area (Å²) in [7, 11) is 0. The van der Waals surface area contributed by atoms with Gasteiger partial charge in [0.1, 0.15) is 5.82 Å². The van der Waals surface area contributed by atoms with Crippen LogP contribution in [0.2, 0.25) is 5.02 Å². The predicted molar refractivity (Wildman–Crippen MR) is 80.2 cm³/mol. The van der Waals surface area contributed by atoms with Crippen molar-refractivity contribution in [2.75, 3.05) is 17.2 Å². The predicted octanol–water partition coefficient (Wildman–Crippen LogP) is 3.78. The highest BCUT2D eigenvalue weighted by Crippen LogP contribution is 2.18. The maximum Gasteiger partial charge on any atom is 0.225 e. The molecule has 2 N–H and O–H groups in total. The molecule has 0 saturated heterocycles. The van der Waals surface area contributed by atoms with E-state index in [9.17, 15) is 0 Å². The minimum atomic E-state index is 0.580. The third-order valence-corrected chi connectivity index (χ3v) is 2.63. The Bertz CT molecular complexity index is 566. The second-order valence-corrected chi connectivity index (χ2v) is 4.46. The molecule has 0 aliphatic heterocycles. The van der Waals surface area contributed by atoms with Crippen LogP contribution in [0.15, 0.2) is 43.0 Å². The van der Waals surface area contributed by atoms with Crippen molar-refractivity contribution in [2.45, 2.75) is 6.92 Å². The van der Waals surface area contributed by atoms with Crippen molar-refractivity contribution in [3.63, 3.8) is 0 Å². The van der Waals surface area contributed by atoms with E-state index in [0.29, 0.717) is 17.5 Å². The van der Waals surface area contributed by atoms with Crippen molar-refractivity contribution in [3.8, 4) is 0 Å². The lowest BCUT2D eigenvalue weighted by Gasteiger charge is -2.09. The van der Waals surface area contributed by atoms with Gasteiger partial charge in [0, 0.05) is 29.0 Å². The van der Waals surface area contributed by atoms with Crippen LogP contribution in [-0.4, -0.2) is 16.5 Å². The quantitative estimate of drug-likeness (QED) is 0.815. The third-order valence-electron chi connectivity index (χ3n) is 2.38. The van der Waals surface area contributed by atoms with Crippen LogP contribution in [0.25, 0.3) is 0 Å². The fourth-order valence-corrected chi connectivity index (χ4v) is 1.68. The van der Waals surface area contributed by atoms with Gasteiger partial charge in [-0.3, -0.25) is 0 Å². The minimum Gasteiger partial charge on any atom is -0.351 e. The number of halogens is 1. The first-order chi connectivity index (χ1) is 9.17. The first kappa shape index (κ1) is 13.4. The fourth-order valence-electron chi connectivity index (χ4n) is 1.56. The molecule has 0 unspecified atom stereocenters. The molecule has 98 valence electrons. The molecule has 19 heavy (non-hydrogen) atoms. The molecular weight excluding hydrogens is 260 g/mol. The standard InChI is InChI=1S/C14H15ClN4/c1-3-8-16-14-17-10(2)9-13(19-14)18-12-6-4-11(15)5-7-12/h3-7,9H,1,8H2,2H3,(H2,16,17,18,19). The SMILES string of the molecule is C=CCNc1nc(C)cc(Nc2ccc(Cl)cc2)n1. The van der Waals surface area contributed by atoms with Crippen LogP contribution in [0.3, 0.4) is 0 Å². The van der Waals surface area contributed by atoms with Gasteiger partial charge in [-0.2, -0.15) is 4.98 Å². The molecule has 0 aliphatic carbocycles. The molecule has 5 heteroatoms. The lowest BCUT2D eigenvalue weighted by atomic mass is 10.3. The summed E-state index contributed by atoms with van der Waals surface area (Å²) in [6.07, 6.45) is 1.76. The highest BCUT2D eigenvalue weighted by atomic mass is 35.5. The zero-order chi connectivity index (χ0) is 13.7. The van der Waals surface area contributed by atoms with Crippen LogP contribution in [0, 0.1) is 6.92 Å². The largest absolute Gasteiger partial charge is 0.351 e. The van der Waals surface area contributed by atoms with Gasteiger partial charge in [-0.1, -0.05) is 17.7 Å². The van der Waals surface area contributed by atoms with Crippen LogP contribution in [-0.2, 0) is 0 Å². The summed E-state index contributed by atoms with van der Waals surface area (Å²) in [6.45, 7) is 6.20. The van der Waals surface area contributed by atoms with Crippen molar-refractivity contribution >= 4 is 29.1 Å². The van der Waals surface area contributed by atoms with Gasteiger partial charge < -0.3 is 10.6 Å². The average Bonchev–Trinajstić information content (AvgIpc) is 2.38. The highest BCUT2D eigenvalue weighted by molar-refractivity contribution is 6.30. The van der Waals surface area contributed by atoms with Gasteiger partial charge in [0.05, 0.1) is 0 Å². The molecule has 0 bridgehead atoms. The van der Waals surface area contributed by atoms with E-state index in [0.717, 1.165) is 17.2 Å². The second-order valence-electron chi connectivity index (χ2n) is 4.02. The van der Waals surface area contributed by atoms with Gasteiger partial charge in [-0.15, -0.1) is 6.58 Å². The Morgan fingerprint density at radius 1 is 1.26 bits per heavy atom. The Balaban J connectivity index is 2.17. The molecule has 1 aromatic heterocycles. The number of rotatable bonds is 5. The van der Waals surface area contributed by atoms with Crippen LogP contribution < -0.4 is 10.6 Å². The molecule has 0 fully saturated rings. The number of hydrogen-bond acceptors (Lipinski definition) is 4. The molecule has 0 aliphatic rings. The molecule has 1 aromatic carbocycles. The zero-order valence-electron chi connectivity index (χ0n) is 10.7. The number of anilines is 3. The fraction of sp³-hybridized carbons (Fsp3) is 0.143. The number of aromatic nitrogens is 2. The molecule has 4 nitrogen and oxygen atoms in total.